The molecule has 64 valence electrons. The standard InChI is InChI=1S/C9H10FNO/c1-9(4-7(9)10)8(12)6-2-3-11-5-6/h2-3,5,7,11H,4H2,1H3. The average Bonchev–Trinajstić information content (AvgIpc) is 2.59. The lowest BCUT2D eigenvalue weighted by Crippen LogP contribution is -2.14. The zero-order valence-corrected chi connectivity index (χ0v) is 6.80. The maximum atomic E-state index is 12.8. The minimum absolute atomic E-state index is 0.0868. The van der Waals surface area contributed by atoms with Crippen molar-refractivity contribution in [1.29, 1.82) is 0 Å². The molecule has 2 rings (SSSR count). The lowest BCUT2D eigenvalue weighted by Gasteiger charge is -2.03. The fraction of sp³-hybridized carbons (Fsp3) is 0.444. The Balaban J connectivity index is 2.23. The molecule has 1 N–H and O–H groups in total. The molecule has 1 saturated carbocycles. The van der Waals surface area contributed by atoms with Crippen LogP contribution in [0, 0.1) is 5.41 Å². The molecular weight excluding hydrogens is 157 g/mol. The number of H-pyrrole nitrogens is 1. The summed E-state index contributed by atoms with van der Waals surface area (Å²) < 4.78 is 12.8. The van der Waals surface area contributed by atoms with Crippen molar-refractivity contribution >= 4 is 5.78 Å². The first-order valence-corrected chi connectivity index (χ1v) is 3.96. The number of halogens is 1. The van der Waals surface area contributed by atoms with Crippen molar-refractivity contribution in [2.75, 3.05) is 0 Å². The molecule has 0 aliphatic heterocycles. The van der Waals surface area contributed by atoms with Crippen molar-refractivity contribution in [2.24, 2.45) is 5.41 Å². The third-order valence-electron chi connectivity index (χ3n) is 2.51. The number of nitrogens with one attached hydrogen (secondary N) is 1. The molecule has 0 radical (unpaired) electrons. The number of alkyl halides is 1. The number of Topliss-reactive ketones (excluding diaryl/α,β-unsaturated/α-hetero) is 1. The first-order valence-electron chi connectivity index (χ1n) is 3.96. The first-order chi connectivity index (χ1) is 5.64. The van der Waals surface area contributed by atoms with E-state index in [1.807, 2.05) is 0 Å². The summed E-state index contributed by atoms with van der Waals surface area (Å²) in [5.74, 6) is -0.0868. The summed E-state index contributed by atoms with van der Waals surface area (Å²) in [6, 6.07) is 1.68. The largest absolute Gasteiger partial charge is 0.367 e. The molecule has 3 heteroatoms. The van der Waals surface area contributed by atoms with Gasteiger partial charge in [-0.1, -0.05) is 0 Å². The highest BCUT2D eigenvalue weighted by molar-refractivity contribution is 6.02. The van der Waals surface area contributed by atoms with Crippen LogP contribution in [0.3, 0.4) is 0 Å². The molecule has 2 unspecified atom stereocenters. The second-order valence-corrected chi connectivity index (χ2v) is 3.52. The Bertz CT molecular complexity index is 306. The van der Waals surface area contributed by atoms with E-state index in [-0.39, 0.29) is 5.78 Å². The van der Waals surface area contributed by atoms with E-state index in [1.54, 1.807) is 25.4 Å². The van der Waals surface area contributed by atoms with Crippen LogP contribution in [0.15, 0.2) is 18.5 Å². The van der Waals surface area contributed by atoms with Gasteiger partial charge in [0.25, 0.3) is 0 Å². The van der Waals surface area contributed by atoms with Gasteiger partial charge in [0.2, 0.25) is 0 Å². The molecule has 2 nitrogen and oxygen atoms in total. The number of hydrogen-bond acceptors (Lipinski definition) is 1. The Labute approximate surface area is 69.8 Å². The van der Waals surface area contributed by atoms with Gasteiger partial charge >= 0.3 is 0 Å². The van der Waals surface area contributed by atoms with Crippen LogP contribution in [0.4, 0.5) is 4.39 Å². The maximum Gasteiger partial charge on any atom is 0.173 e. The van der Waals surface area contributed by atoms with Gasteiger partial charge in [0.1, 0.15) is 6.17 Å². The predicted molar refractivity (Wildman–Crippen MR) is 42.7 cm³/mol. The Morgan fingerprint density at radius 3 is 2.92 bits per heavy atom. The van der Waals surface area contributed by atoms with Crippen LogP contribution in [0.1, 0.15) is 23.7 Å². The molecule has 0 aromatic carbocycles. The number of carbonyl (C=O) groups excluding carboxylic acids is 1. The third kappa shape index (κ3) is 0.891. The van der Waals surface area contributed by atoms with Crippen LogP contribution in [0.5, 0.6) is 0 Å². The summed E-state index contributed by atoms with van der Waals surface area (Å²) in [4.78, 5) is 14.3. The summed E-state index contributed by atoms with van der Waals surface area (Å²) in [6.07, 6.45) is 2.71. The molecule has 1 aliphatic rings. The zero-order valence-electron chi connectivity index (χ0n) is 6.80. The van der Waals surface area contributed by atoms with Crippen LogP contribution < -0.4 is 0 Å². The van der Waals surface area contributed by atoms with Crippen LogP contribution in [0.2, 0.25) is 0 Å². The molecule has 0 spiro atoms. The Morgan fingerprint density at radius 1 is 1.83 bits per heavy atom. The number of hydrogen-bond donors (Lipinski definition) is 1. The number of rotatable bonds is 2. The maximum absolute atomic E-state index is 12.8. The Kier molecular flexibility index (Phi) is 1.37. The fourth-order valence-corrected chi connectivity index (χ4v) is 1.34. The van der Waals surface area contributed by atoms with Crippen molar-refractivity contribution in [1.82, 2.24) is 4.98 Å². The summed E-state index contributed by atoms with van der Waals surface area (Å²) in [6.45, 7) is 1.67. The minimum Gasteiger partial charge on any atom is -0.367 e. The van der Waals surface area contributed by atoms with Crippen LogP contribution in [-0.4, -0.2) is 16.9 Å². The fourth-order valence-electron chi connectivity index (χ4n) is 1.34. The minimum atomic E-state index is -0.945. The van der Waals surface area contributed by atoms with Gasteiger partial charge in [0.05, 0.1) is 5.41 Å². The molecule has 0 bridgehead atoms. The third-order valence-corrected chi connectivity index (χ3v) is 2.51. The van der Waals surface area contributed by atoms with E-state index in [2.05, 4.69) is 4.98 Å². The van der Waals surface area contributed by atoms with Gasteiger partial charge in [-0.15, -0.1) is 0 Å². The number of ketones is 1. The van der Waals surface area contributed by atoms with Crippen molar-refractivity contribution < 1.29 is 9.18 Å². The van der Waals surface area contributed by atoms with E-state index in [4.69, 9.17) is 0 Å². The first kappa shape index (κ1) is 7.53. The number of carbonyl (C=O) groups is 1. The molecular formula is C9H10FNO. The lowest BCUT2D eigenvalue weighted by molar-refractivity contribution is 0.0893. The van der Waals surface area contributed by atoms with E-state index in [0.717, 1.165) is 0 Å². The van der Waals surface area contributed by atoms with Gasteiger partial charge in [0, 0.05) is 18.0 Å². The Hall–Kier alpha value is -1.12. The van der Waals surface area contributed by atoms with Gasteiger partial charge in [-0.3, -0.25) is 4.79 Å². The SMILES string of the molecule is CC1(C(=O)c2cc[nH]c2)CC1F. The van der Waals surface area contributed by atoms with Gasteiger partial charge in [-0.05, 0) is 19.4 Å². The van der Waals surface area contributed by atoms with E-state index in [9.17, 15) is 9.18 Å². The molecule has 1 aromatic heterocycles. The average molecular weight is 167 g/mol. The van der Waals surface area contributed by atoms with E-state index in [1.165, 1.54) is 0 Å². The van der Waals surface area contributed by atoms with E-state index in [0.29, 0.717) is 12.0 Å². The normalized spacial score (nSPS) is 33.3. The van der Waals surface area contributed by atoms with Gasteiger partial charge in [-0.2, -0.15) is 0 Å². The molecule has 2 atom stereocenters. The number of aromatic amines is 1. The molecule has 1 aromatic rings. The highest BCUT2D eigenvalue weighted by Gasteiger charge is 2.57. The van der Waals surface area contributed by atoms with Crippen molar-refractivity contribution in [2.45, 2.75) is 19.5 Å². The van der Waals surface area contributed by atoms with Crippen LogP contribution in [0.25, 0.3) is 0 Å². The van der Waals surface area contributed by atoms with Gasteiger partial charge < -0.3 is 4.98 Å². The van der Waals surface area contributed by atoms with Crippen molar-refractivity contribution in [3.63, 3.8) is 0 Å². The lowest BCUT2D eigenvalue weighted by atomic mass is 9.99. The van der Waals surface area contributed by atoms with E-state index < -0.39 is 11.6 Å². The van der Waals surface area contributed by atoms with Crippen molar-refractivity contribution in [3.8, 4) is 0 Å². The summed E-state index contributed by atoms with van der Waals surface area (Å²) >= 11 is 0. The molecule has 1 heterocycles. The second-order valence-electron chi connectivity index (χ2n) is 3.52. The number of aromatic nitrogens is 1. The van der Waals surface area contributed by atoms with Gasteiger partial charge in [-0.25, -0.2) is 4.39 Å². The van der Waals surface area contributed by atoms with Crippen molar-refractivity contribution in [3.05, 3.63) is 24.0 Å². The highest BCUT2D eigenvalue weighted by atomic mass is 19.1. The zero-order chi connectivity index (χ0) is 8.77. The molecule has 12 heavy (non-hydrogen) atoms. The summed E-state index contributed by atoms with van der Waals surface area (Å²) in [5.41, 5.74) is -0.153. The summed E-state index contributed by atoms with van der Waals surface area (Å²) in [7, 11) is 0. The van der Waals surface area contributed by atoms with Crippen LogP contribution in [-0.2, 0) is 0 Å². The predicted octanol–water partition coefficient (Wildman–Crippen LogP) is 1.95. The quantitative estimate of drug-likeness (QED) is 0.671. The smallest absolute Gasteiger partial charge is 0.173 e. The van der Waals surface area contributed by atoms with E-state index >= 15 is 0 Å². The van der Waals surface area contributed by atoms with Crippen LogP contribution >= 0.6 is 0 Å². The highest BCUT2D eigenvalue weighted by Crippen LogP contribution is 2.50. The molecule has 1 fully saturated rings. The Morgan fingerprint density at radius 2 is 2.50 bits per heavy atom. The molecule has 0 saturated heterocycles. The summed E-state index contributed by atoms with van der Waals surface area (Å²) in [5, 5.41) is 0. The second kappa shape index (κ2) is 2.19. The monoisotopic (exact) mass is 167 g/mol. The molecule has 1 aliphatic carbocycles. The molecule has 0 amide bonds. The topological polar surface area (TPSA) is 32.9 Å². The van der Waals surface area contributed by atoms with Gasteiger partial charge in [0.15, 0.2) is 5.78 Å².